The van der Waals surface area contributed by atoms with Gasteiger partial charge in [-0.3, -0.25) is 9.59 Å². The van der Waals surface area contributed by atoms with Crippen LogP contribution in [0.1, 0.15) is 27.8 Å². The average molecular weight is 497 g/mol. The van der Waals surface area contributed by atoms with Crippen molar-refractivity contribution in [2.45, 2.75) is 12.6 Å². The molecule has 4 nitrogen and oxygen atoms in total. The van der Waals surface area contributed by atoms with E-state index in [0.29, 0.717) is 21.8 Å². The number of hydrogen-bond donors (Lipinski definition) is 0. The van der Waals surface area contributed by atoms with Crippen molar-refractivity contribution < 1.29 is 27.6 Å². The third-order valence-corrected chi connectivity index (χ3v) is 6.59. The molecule has 0 aromatic heterocycles. The van der Waals surface area contributed by atoms with Gasteiger partial charge in [0.25, 0.3) is 11.8 Å². The number of nitrogens with zero attached hydrogens (tertiary/aromatic N) is 1. The molecule has 0 radical (unpaired) electrons. The van der Waals surface area contributed by atoms with Crippen molar-refractivity contribution in [1.82, 2.24) is 5.06 Å². The van der Waals surface area contributed by atoms with E-state index < -0.39 is 29.3 Å². The number of hydrogen-bond acceptors (Lipinski definition) is 3. The SMILES string of the molecule is O=C1C(c2ccccc2)=C(c2ccccc2)C(=O)N1Oc1c(C(F)(F)F)ccc2c1Cc1ccccc1-2. The maximum absolute atomic E-state index is 14.1. The molecule has 2 aliphatic rings. The monoisotopic (exact) mass is 497 g/mol. The Bertz CT molecular complexity index is 1530. The van der Waals surface area contributed by atoms with Crippen LogP contribution in [0.2, 0.25) is 0 Å². The summed E-state index contributed by atoms with van der Waals surface area (Å²) in [6.45, 7) is 0. The van der Waals surface area contributed by atoms with Crippen LogP contribution in [0, 0.1) is 0 Å². The molecule has 4 aromatic rings. The lowest BCUT2D eigenvalue weighted by atomic mass is 9.96. The number of halogens is 3. The van der Waals surface area contributed by atoms with Gasteiger partial charge >= 0.3 is 6.18 Å². The molecule has 1 heterocycles. The largest absolute Gasteiger partial charge is 0.420 e. The Hall–Kier alpha value is -4.65. The molecule has 6 rings (SSSR count). The van der Waals surface area contributed by atoms with Crippen molar-refractivity contribution >= 4 is 23.0 Å². The molecule has 2 amide bonds. The molecule has 0 atom stereocenters. The molecule has 0 spiro atoms. The van der Waals surface area contributed by atoms with E-state index in [9.17, 15) is 22.8 Å². The van der Waals surface area contributed by atoms with E-state index >= 15 is 0 Å². The molecular formula is C30H18F3NO3. The lowest BCUT2D eigenvalue weighted by molar-refractivity contribution is -0.165. The summed E-state index contributed by atoms with van der Waals surface area (Å²) in [5.41, 5.74) is 2.52. The smallest absolute Gasteiger partial charge is 0.368 e. The van der Waals surface area contributed by atoms with Gasteiger partial charge in [0.15, 0.2) is 5.75 Å². The minimum atomic E-state index is -4.76. The topological polar surface area (TPSA) is 46.6 Å². The van der Waals surface area contributed by atoms with Crippen LogP contribution in [0.3, 0.4) is 0 Å². The summed E-state index contributed by atoms with van der Waals surface area (Å²) in [6.07, 6.45) is -4.57. The molecule has 0 unspecified atom stereocenters. The van der Waals surface area contributed by atoms with Gasteiger partial charge in [-0.05, 0) is 33.9 Å². The zero-order chi connectivity index (χ0) is 25.7. The highest BCUT2D eigenvalue weighted by Gasteiger charge is 2.45. The van der Waals surface area contributed by atoms with E-state index in [0.717, 1.165) is 17.2 Å². The highest BCUT2D eigenvalue weighted by Crippen LogP contribution is 2.48. The molecule has 0 N–H and O–H groups in total. The average Bonchev–Trinajstić information content (AvgIpc) is 3.40. The molecule has 0 fully saturated rings. The Morgan fingerprint density at radius 1 is 0.649 bits per heavy atom. The molecule has 7 heteroatoms. The van der Waals surface area contributed by atoms with Crippen LogP contribution < -0.4 is 4.84 Å². The summed E-state index contributed by atoms with van der Waals surface area (Å²) in [4.78, 5) is 33.0. The van der Waals surface area contributed by atoms with Gasteiger partial charge in [0.05, 0.1) is 11.1 Å². The highest BCUT2D eigenvalue weighted by molar-refractivity contribution is 6.48. The maximum Gasteiger partial charge on any atom is 0.420 e. The number of hydroxylamine groups is 2. The number of fused-ring (bicyclic) bond motifs is 3. The first-order chi connectivity index (χ1) is 17.8. The summed E-state index contributed by atoms with van der Waals surface area (Å²) in [5.74, 6) is -2.18. The normalized spacial score (nSPS) is 14.7. The van der Waals surface area contributed by atoms with Crippen molar-refractivity contribution in [2.24, 2.45) is 0 Å². The zero-order valence-electron chi connectivity index (χ0n) is 19.3. The summed E-state index contributed by atoms with van der Waals surface area (Å²) < 4.78 is 42.4. The Morgan fingerprint density at radius 3 is 1.76 bits per heavy atom. The number of carbonyl (C=O) groups excluding carboxylic acids is 2. The molecule has 37 heavy (non-hydrogen) atoms. The fourth-order valence-corrected chi connectivity index (χ4v) is 4.94. The lowest BCUT2D eigenvalue weighted by Crippen LogP contribution is -2.36. The Kier molecular flexibility index (Phi) is 5.22. The van der Waals surface area contributed by atoms with Gasteiger partial charge < -0.3 is 4.84 Å². The molecule has 1 aliphatic carbocycles. The Balaban J connectivity index is 1.49. The predicted molar refractivity (Wildman–Crippen MR) is 132 cm³/mol. The molecule has 4 aromatic carbocycles. The third-order valence-electron chi connectivity index (χ3n) is 6.59. The van der Waals surface area contributed by atoms with Crippen LogP contribution in [-0.4, -0.2) is 16.9 Å². The maximum atomic E-state index is 14.1. The van der Waals surface area contributed by atoms with Crippen LogP contribution in [0.4, 0.5) is 13.2 Å². The van der Waals surface area contributed by atoms with Crippen molar-refractivity contribution in [2.75, 3.05) is 0 Å². The second-order valence-electron chi connectivity index (χ2n) is 8.78. The van der Waals surface area contributed by atoms with E-state index in [4.69, 9.17) is 4.84 Å². The number of rotatable bonds is 4. The summed E-state index contributed by atoms with van der Waals surface area (Å²) in [5, 5.41) is 0.457. The Labute approximate surface area is 210 Å². The first-order valence-corrected chi connectivity index (χ1v) is 11.6. The van der Waals surface area contributed by atoms with Gasteiger partial charge in [-0.25, -0.2) is 0 Å². The molecule has 0 bridgehead atoms. The lowest BCUT2D eigenvalue weighted by Gasteiger charge is -2.21. The second kappa shape index (κ2) is 8.48. The molecule has 182 valence electrons. The first kappa shape index (κ1) is 22.8. The fraction of sp³-hybridized carbons (Fsp3) is 0.0667. The summed E-state index contributed by atoms with van der Waals surface area (Å²) >= 11 is 0. The van der Waals surface area contributed by atoms with Crippen LogP contribution >= 0.6 is 0 Å². The quantitative estimate of drug-likeness (QED) is 0.265. The number of benzene rings is 4. The van der Waals surface area contributed by atoms with Gasteiger partial charge in [0.2, 0.25) is 0 Å². The van der Waals surface area contributed by atoms with Crippen LogP contribution in [0.15, 0.2) is 97.1 Å². The second-order valence-corrected chi connectivity index (χ2v) is 8.78. The first-order valence-electron chi connectivity index (χ1n) is 11.6. The molecule has 0 saturated carbocycles. The molecule has 0 saturated heterocycles. The van der Waals surface area contributed by atoms with Gasteiger partial charge in [0, 0.05) is 12.0 Å². The highest BCUT2D eigenvalue weighted by atomic mass is 19.4. The minimum Gasteiger partial charge on any atom is -0.368 e. The van der Waals surface area contributed by atoms with E-state index in [1.54, 1.807) is 60.7 Å². The van der Waals surface area contributed by atoms with Crippen molar-refractivity contribution in [3.05, 3.63) is 125 Å². The van der Waals surface area contributed by atoms with Crippen LogP contribution in [-0.2, 0) is 22.2 Å². The Morgan fingerprint density at radius 2 is 1.19 bits per heavy atom. The summed E-state index contributed by atoms with van der Waals surface area (Å²) in [6, 6.07) is 26.7. The standard InChI is InChI=1S/C30H18F3NO3/c31-30(32,33)24-16-15-22-21-14-8-7-13-20(21)17-23(22)27(24)37-34-28(35)25(18-9-3-1-4-10-18)26(29(34)36)19-11-5-2-6-12-19/h1-16H,17H2. The van der Waals surface area contributed by atoms with E-state index in [1.165, 1.54) is 6.07 Å². The van der Waals surface area contributed by atoms with E-state index in [1.807, 2.05) is 24.3 Å². The number of imide groups is 1. The van der Waals surface area contributed by atoms with Gasteiger partial charge in [0.1, 0.15) is 5.56 Å². The van der Waals surface area contributed by atoms with E-state index in [-0.39, 0.29) is 23.1 Å². The van der Waals surface area contributed by atoms with Gasteiger partial charge in [-0.15, -0.1) is 0 Å². The molecular weight excluding hydrogens is 479 g/mol. The van der Waals surface area contributed by atoms with Crippen LogP contribution in [0.5, 0.6) is 5.75 Å². The van der Waals surface area contributed by atoms with Crippen molar-refractivity contribution in [1.29, 1.82) is 0 Å². The molecule has 1 aliphatic heterocycles. The third kappa shape index (κ3) is 3.71. The minimum absolute atomic E-state index is 0.0706. The fourth-order valence-electron chi connectivity index (χ4n) is 4.94. The predicted octanol–water partition coefficient (Wildman–Crippen LogP) is 6.55. The van der Waals surface area contributed by atoms with Crippen molar-refractivity contribution in [3.8, 4) is 16.9 Å². The number of carbonyl (C=O) groups is 2. The number of amides is 2. The van der Waals surface area contributed by atoms with Gasteiger partial charge in [-0.1, -0.05) is 96.1 Å². The van der Waals surface area contributed by atoms with Crippen molar-refractivity contribution in [3.63, 3.8) is 0 Å². The number of alkyl halides is 3. The van der Waals surface area contributed by atoms with Crippen LogP contribution in [0.25, 0.3) is 22.3 Å². The summed E-state index contributed by atoms with van der Waals surface area (Å²) in [7, 11) is 0. The van der Waals surface area contributed by atoms with Gasteiger partial charge in [-0.2, -0.15) is 13.2 Å². The van der Waals surface area contributed by atoms with E-state index in [2.05, 4.69) is 0 Å². The zero-order valence-corrected chi connectivity index (χ0v) is 19.3.